The number of hydrogen-bond donors (Lipinski definition) is 1. The van der Waals surface area contributed by atoms with Gasteiger partial charge < -0.3 is 5.32 Å². The number of rotatable bonds is 4. The summed E-state index contributed by atoms with van der Waals surface area (Å²) in [5.41, 5.74) is 1.44. The van der Waals surface area contributed by atoms with E-state index in [1.54, 1.807) is 25.2 Å². The predicted octanol–water partition coefficient (Wildman–Crippen LogP) is 4.77. The highest BCUT2D eigenvalue weighted by molar-refractivity contribution is 6.34. The molecule has 2 aromatic rings. The molecule has 2 aromatic carbocycles. The lowest BCUT2D eigenvalue weighted by atomic mass is 9.99. The SMILES string of the molecule is CNC(Cc1cc(F)cc(F)c1)c1cc(Cl)cc(Cl)c1. The van der Waals surface area contributed by atoms with Gasteiger partial charge in [0.2, 0.25) is 0 Å². The van der Waals surface area contributed by atoms with Crippen LogP contribution in [0.3, 0.4) is 0 Å². The Balaban J connectivity index is 2.28. The van der Waals surface area contributed by atoms with Crippen LogP contribution in [0, 0.1) is 11.6 Å². The molecule has 0 radical (unpaired) electrons. The molecule has 0 aliphatic rings. The van der Waals surface area contributed by atoms with Crippen molar-refractivity contribution < 1.29 is 8.78 Å². The van der Waals surface area contributed by atoms with Crippen LogP contribution in [-0.2, 0) is 6.42 Å². The second-order valence-electron chi connectivity index (χ2n) is 4.53. The van der Waals surface area contributed by atoms with E-state index in [1.807, 2.05) is 0 Å². The third-order valence-corrected chi connectivity index (χ3v) is 3.43. The van der Waals surface area contributed by atoms with Gasteiger partial charge in [0.05, 0.1) is 0 Å². The van der Waals surface area contributed by atoms with Gasteiger partial charge in [-0.1, -0.05) is 23.2 Å². The third-order valence-electron chi connectivity index (χ3n) is 3.00. The van der Waals surface area contributed by atoms with Gasteiger partial charge in [0.1, 0.15) is 11.6 Å². The number of halogens is 4. The summed E-state index contributed by atoms with van der Waals surface area (Å²) in [7, 11) is 1.77. The molecular formula is C15H13Cl2F2N. The molecule has 5 heteroatoms. The van der Waals surface area contributed by atoms with Gasteiger partial charge in [-0.05, 0) is 54.9 Å². The van der Waals surface area contributed by atoms with Crippen LogP contribution in [0.1, 0.15) is 17.2 Å². The average molecular weight is 316 g/mol. The molecule has 0 aliphatic carbocycles. The van der Waals surface area contributed by atoms with Gasteiger partial charge in [-0.25, -0.2) is 8.78 Å². The summed E-state index contributed by atoms with van der Waals surface area (Å²) in [4.78, 5) is 0. The lowest BCUT2D eigenvalue weighted by Gasteiger charge is -2.17. The monoisotopic (exact) mass is 315 g/mol. The van der Waals surface area contributed by atoms with Crippen molar-refractivity contribution in [1.82, 2.24) is 5.32 Å². The smallest absolute Gasteiger partial charge is 0.126 e. The number of nitrogens with one attached hydrogen (secondary N) is 1. The van der Waals surface area contributed by atoms with Crippen molar-refractivity contribution in [3.05, 3.63) is 69.2 Å². The Labute approximate surface area is 126 Å². The van der Waals surface area contributed by atoms with E-state index in [-0.39, 0.29) is 6.04 Å². The Morgan fingerprint density at radius 2 is 1.50 bits per heavy atom. The Morgan fingerprint density at radius 3 is 2.00 bits per heavy atom. The van der Waals surface area contributed by atoms with Crippen molar-refractivity contribution in [3.8, 4) is 0 Å². The average Bonchev–Trinajstić information content (AvgIpc) is 2.33. The van der Waals surface area contributed by atoms with Gasteiger partial charge in [0.15, 0.2) is 0 Å². The van der Waals surface area contributed by atoms with Crippen LogP contribution in [0.2, 0.25) is 10.0 Å². The molecule has 0 amide bonds. The van der Waals surface area contributed by atoms with Crippen molar-refractivity contribution in [1.29, 1.82) is 0 Å². The van der Waals surface area contributed by atoms with Crippen molar-refractivity contribution in [3.63, 3.8) is 0 Å². The summed E-state index contributed by atoms with van der Waals surface area (Å²) in [5.74, 6) is -1.17. The minimum absolute atomic E-state index is 0.132. The van der Waals surface area contributed by atoms with Crippen LogP contribution >= 0.6 is 23.2 Å². The molecule has 0 spiro atoms. The van der Waals surface area contributed by atoms with Crippen LogP contribution < -0.4 is 5.32 Å². The fourth-order valence-corrected chi connectivity index (χ4v) is 2.67. The van der Waals surface area contributed by atoms with Crippen molar-refractivity contribution in [2.75, 3.05) is 7.05 Å². The molecular weight excluding hydrogens is 303 g/mol. The molecule has 1 N–H and O–H groups in total. The zero-order valence-electron chi connectivity index (χ0n) is 10.8. The fourth-order valence-electron chi connectivity index (χ4n) is 2.13. The molecule has 2 rings (SSSR count). The molecule has 1 nitrogen and oxygen atoms in total. The van der Waals surface area contributed by atoms with E-state index in [0.717, 1.165) is 11.6 Å². The Morgan fingerprint density at radius 1 is 0.950 bits per heavy atom. The standard InChI is InChI=1S/C15H13Cl2F2N/c1-20-15(10-5-11(16)7-12(17)6-10)4-9-2-13(18)8-14(19)3-9/h2-3,5-8,15,20H,4H2,1H3. The van der Waals surface area contributed by atoms with E-state index in [4.69, 9.17) is 23.2 Å². The molecule has 0 saturated heterocycles. The van der Waals surface area contributed by atoms with Crippen LogP contribution in [0.4, 0.5) is 8.78 Å². The first-order valence-corrected chi connectivity index (χ1v) is 6.82. The van der Waals surface area contributed by atoms with E-state index >= 15 is 0 Å². The molecule has 0 bridgehead atoms. The molecule has 106 valence electrons. The molecule has 0 fully saturated rings. The van der Waals surface area contributed by atoms with Gasteiger partial charge in [0, 0.05) is 22.2 Å². The van der Waals surface area contributed by atoms with Crippen LogP contribution in [-0.4, -0.2) is 7.05 Å². The van der Waals surface area contributed by atoms with Crippen molar-refractivity contribution >= 4 is 23.2 Å². The van der Waals surface area contributed by atoms with Crippen LogP contribution in [0.15, 0.2) is 36.4 Å². The van der Waals surface area contributed by atoms with Gasteiger partial charge >= 0.3 is 0 Å². The minimum atomic E-state index is -0.584. The normalized spacial score (nSPS) is 12.4. The van der Waals surface area contributed by atoms with Gasteiger partial charge in [-0.15, -0.1) is 0 Å². The first-order valence-electron chi connectivity index (χ1n) is 6.06. The maximum atomic E-state index is 13.2. The number of likely N-dealkylation sites (N-methyl/N-ethyl adjacent to an activating group) is 1. The second-order valence-corrected chi connectivity index (χ2v) is 5.40. The zero-order chi connectivity index (χ0) is 14.7. The molecule has 0 aromatic heterocycles. The third kappa shape index (κ3) is 3.92. The van der Waals surface area contributed by atoms with Crippen molar-refractivity contribution in [2.45, 2.75) is 12.5 Å². The van der Waals surface area contributed by atoms with E-state index < -0.39 is 11.6 Å². The summed E-state index contributed by atoms with van der Waals surface area (Å²) >= 11 is 11.9. The van der Waals surface area contributed by atoms with E-state index in [9.17, 15) is 8.78 Å². The summed E-state index contributed by atoms with van der Waals surface area (Å²) in [6, 6.07) is 8.57. The maximum Gasteiger partial charge on any atom is 0.126 e. The van der Waals surface area contributed by atoms with Gasteiger partial charge in [0.25, 0.3) is 0 Å². The maximum absolute atomic E-state index is 13.2. The molecule has 20 heavy (non-hydrogen) atoms. The Kier molecular flexibility index (Phi) is 4.97. The number of hydrogen-bond acceptors (Lipinski definition) is 1. The summed E-state index contributed by atoms with van der Waals surface area (Å²) in [6.45, 7) is 0. The first-order chi connectivity index (χ1) is 9.47. The highest BCUT2D eigenvalue weighted by Gasteiger charge is 2.13. The zero-order valence-corrected chi connectivity index (χ0v) is 12.3. The van der Waals surface area contributed by atoms with E-state index in [1.165, 1.54) is 12.1 Å². The molecule has 0 saturated carbocycles. The van der Waals surface area contributed by atoms with Crippen LogP contribution in [0.5, 0.6) is 0 Å². The minimum Gasteiger partial charge on any atom is -0.313 e. The highest BCUT2D eigenvalue weighted by atomic mass is 35.5. The van der Waals surface area contributed by atoms with E-state index in [0.29, 0.717) is 22.0 Å². The first kappa shape index (κ1) is 15.2. The molecule has 1 unspecified atom stereocenters. The molecule has 0 heterocycles. The largest absolute Gasteiger partial charge is 0.313 e. The van der Waals surface area contributed by atoms with Crippen LogP contribution in [0.25, 0.3) is 0 Å². The lowest BCUT2D eigenvalue weighted by Crippen LogP contribution is -2.19. The highest BCUT2D eigenvalue weighted by Crippen LogP contribution is 2.26. The second kappa shape index (κ2) is 6.53. The fraction of sp³-hybridized carbons (Fsp3) is 0.200. The lowest BCUT2D eigenvalue weighted by molar-refractivity contribution is 0.562. The Hall–Kier alpha value is -1.16. The predicted molar refractivity (Wildman–Crippen MR) is 78.3 cm³/mol. The van der Waals surface area contributed by atoms with Crippen molar-refractivity contribution in [2.24, 2.45) is 0 Å². The Bertz CT molecular complexity index is 576. The quantitative estimate of drug-likeness (QED) is 0.856. The molecule has 1 atom stereocenters. The van der Waals surface area contributed by atoms with Gasteiger partial charge in [-0.3, -0.25) is 0 Å². The topological polar surface area (TPSA) is 12.0 Å². The summed E-state index contributed by atoms with van der Waals surface area (Å²) in [6.07, 6.45) is 0.432. The summed E-state index contributed by atoms with van der Waals surface area (Å²) in [5, 5.41) is 4.15. The summed E-state index contributed by atoms with van der Waals surface area (Å²) < 4.78 is 26.4. The number of benzene rings is 2. The molecule has 0 aliphatic heterocycles. The van der Waals surface area contributed by atoms with Gasteiger partial charge in [-0.2, -0.15) is 0 Å². The van der Waals surface area contributed by atoms with E-state index in [2.05, 4.69) is 5.32 Å².